The minimum atomic E-state index is -1.23. The van der Waals surface area contributed by atoms with Gasteiger partial charge in [0.2, 0.25) is 0 Å². The van der Waals surface area contributed by atoms with Gasteiger partial charge in [-0.15, -0.1) is 0 Å². The van der Waals surface area contributed by atoms with Crippen LogP contribution >= 0.6 is 0 Å². The molecule has 0 aromatic carbocycles. The quantitative estimate of drug-likeness (QED) is 0.842. The molecule has 0 fully saturated rings. The summed E-state index contributed by atoms with van der Waals surface area (Å²) >= 11 is 0. The van der Waals surface area contributed by atoms with Crippen LogP contribution in [0.15, 0.2) is 12.3 Å². The average molecular weight is 237 g/mol. The van der Waals surface area contributed by atoms with Crippen molar-refractivity contribution in [2.24, 2.45) is 0 Å². The molecule has 0 aliphatic heterocycles. The molecule has 5 nitrogen and oxygen atoms in total. The molecule has 6 heteroatoms. The van der Waals surface area contributed by atoms with E-state index in [0.29, 0.717) is 13.1 Å². The van der Waals surface area contributed by atoms with Crippen molar-refractivity contribution >= 4 is 11.8 Å². The number of anilines is 1. The van der Waals surface area contributed by atoms with Crippen LogP contribution in [0.25, 0.3) is 0 Å². The van der Waals surface area contributed by atoms with E-state index in [1.165, 1.54) is 0 Å². The molecule has 0 aliphatic rings. The van der Waals surface area contributed by atoms with Gasteiger partial charge in [0, 0.05) is 13.1 Å². The Balaban J connectivity index is 3.10. The Labute approximate surface area is 98.1 Å². The number of nitrogens with zero attached hydrogens (tertiary/aromatic N) is 3. The molecule has 1 rings (SSSR count). The van der Waals surface area contributed by atoms with Crippen LogP contribution in [0, 0.1) is 17.1 Å². The van der Waals surface area contributed by atoms with Crippen molar-refractivity contribution < 1.29 is 14.3 Å². The van der Waals surface area contributed by atoms with Gasteiger partial charge in [0.15, 0.2) is 0 Å². The van der Waals surface area contributed by atoms with E-state index in [1.54, 1.807) is 4.90 Å². The molecular formula is C11H12FN3O2. The van der Waals surface area contributed by atoms with Gasteiger partial charge in [-0.1, -0.05) is 0 Å². The second-order valence-electron chi connectivity index (χ2n) is 3.32. The number of halogens is 1. The summed E-state index contributed by atoms with van der Waals surface area (Å²) in [5.74, 6) is -1.73. The lowest BCUT2D eigenvalue weighted by atomic mass is 10.2. The Morgan fingerprint density at radius 1 is 1.71 bits per heavy atom. The molecule has 0 saturated heterocycles. The molecule has 0 bridgehead atoms. The van der Waals surface area contributed by atoms with Crippen LogP contribution in [0.1, 0.15) is 23.7 Å². The molecule has 0 saturated carbocycles. The van der Waals surface area contributed by atoms with E-state index in [1.807, 2.05) is 13.0 Å². The van der Waals surface area contributed by atoms with Crippen molar-refractivity contribution in [2.45, 2.75) is 13.3 Å². The fourth-order valence-corrected chi connectivity index (χ4v) is 1.44. The van der Waals surface area contributed by atoms with Crippen molar-refractivity contribution in [1.29, 1.82) is 5.26 Å². The smallest absolute Gasteiger partial charge is 0.339 e. The zero-order valence-electron chi connectivity index (χ0n) is 9.35. The largest absolute Gasteiger partial charge is 0.478 e. The molecule has 0 unspecified atom stereocenters. The summed E-state index contributed by atoms with van der Waals surface area (Å²) in [6.45, 7) is 2.68. The lowest BCUT2D eigenvalue weighted by molar-refractivity contribution is 0.0696. The molecule has 0 atom stereocenters. The highest BCUT2D eigenvalue weighted by atomic mass is 19.1. The normalized spacial score (nSPS) is 9.71. The Morgan fingerprint density at radius 3 is 2.94 bits per heavy atom. The van der Waals surface area contributed by atoms with Gasteiger partial charge in [-0.05, 0) is 13.0 Å². The van der Waals surface area contributed by atoms with E-state index < -0.39 is 11.8 Å². The molecule has 1 aromatic rings. The van der Waals surface area contributed by atoms with Gasteiger partial charge in [-0.25, -0.2) is 14.2 Å². The minimum absolute atomic E-state index is 0.190. The van der Waals surface area contributed by atoms with E-state index in [9.17, 15) is 9.18 Å². The molecule has 17 heavy (non-hydrogen) atoms. The van der Waals surface area contributed by atoms with Crippen LogP contribution < -0.4 is 4.90 Å². The fourth-order valence-electron chi connectivity index (χ4n) is 1.44. The highest BCUT2D eigenvalue weighted by molar-refractivity contribution is 5.93. The van der Waals surface area contributed by atoms with Gasteiger partial charge in [-0.2, -0.15) is 5.26 Å². The molecule has 0 amide bonds. The Bertz CT molecular complexity index is 457. The minimum Gasteiger partial charge on any atom is -0.478 e. The summed E-state index contributed by atoms with van der Waals surface area (Å²) in [7, 11) is 0. The predicted molar refractivity (Wildman–Crippen MR) is 59.3 cm³/mol. The second-order valence-corrected chi connectivity index (χ2v) is 3.32. The summed E-state index contributed by atoms with van der Waals surface area (Å²) in [5, 5.41) is 17.5. The lowest BCUT2D eigenvalue weighted by Gasteiger charge is -2.22. The van der Waals surface area contributed by atoms with Crippen LogP contribution in [0.4, 0.5) is 10.2 Å². The number of carboxylic acid groups (broad SMARTS) is 1. The number of hydrogen-bond acceptors (Lipinski definition) is 4. The maximum absolute atomic E-state index is 12.9. The molecule has 1 heterocycles. The summed E-state index contributed by atoms with van der Waals surface area (Å²) in [6.07, 6.45) is 1.22. The number of hydrogen-bond donors (Lipinski definition) is 1. The lowest BCUT2D eigenvalue weighted by Crippen LogP contribution is -2.27. The highest BCUT2D eigenvalue weighted by Crippen LogP contribution is 2.18. The monoisotopic (exact) mass is 237 g/mol. The average Bonchev–Trinajstić information content (AvgIpc) is 2.31. The Morgan fingerprint density at radius 2 is 2.41 bits per heavy atom. The Kier molecular flexibility index (Phi) is 4.40. The number of aromatic carboxylic acids is 1. The van der Waals surface area contributed by atoms with Crippen LogP contribution in [0.2, 0.25) is 0 Å². The molecule has 0 aliphatic carbocycles. The SMILES string of the molecule is CCN(CCC#N)c1ncc(F)cc1C(=O)O. The van der Waals surface area contributed by atoms with Crippen LogP contribution in [0.5, 0.6) is 0 Å². The highest BCUT2D eigenvalue weighted by Gasteiger charge is 2.17. The summed E-state index contributed by atoms with van der Waals surface area (Å²) in [5.41, 5.74) is -0.190. The number of aromatic nitrogens is 1. The van der Waals surface area contributed by atoms with E-state index in [2.05, 4.69) is 4.98 Å². The number of nitriles is 1. The molecule has 90 valence electrons. The first-order valence-corrected chi connectivity index (χ1v) is 5.10. The van der Waals surface area contributed by atoms with Gasteiger partial charge in [-0.3, -0.25) is 0 Å². The maximum Gasteiger partial charge on any atom is 0.339 e. The van der Waals surface area contributed by atoms with Crippen molar-refractivity contribution in [2.75, 3.05) is 18.0 Å². The van der Waals surface area contributed by atoms with Crippen LogP contribution in [-0.4, -0.2) is 29.1 Å². The second kappa shape index (κ2) is 5.80. The molecule has 1 N–H and O–H groups in total. The van der Waals surface area contributed by atoms with Gasteiger partial charge in [0.05, 0.1) is 18.7 Å². The summed E-state index contributed by atoms with van der Waals surface area (Å²) in [6, 6.07) is 2.90. The summed E-state index contributed by atoms with van der Waals surface area (Å²) in [4.78, 5) is 16.4. The van der Waals surface area contributed by atoms with Crippen molar-refractivity contribution in [3.05, 3.63) is 23.6 Å². The first-order valence-electron chi connectivity index (χ1n) is 5.10. The van der Waals surface area contributed by atoms with Crippen molar-refractivity contribution in [1.82, 2.24) is 4.98 Å². The number of carboxylic acids is 1. The Hall–Kier alpha value is -2.16. The van der Waals surface area contributed by atoms with E-state index in [-0.39, 0.29) is 17.8 Å². The van der Waals surface area contributed by atoms with E-state index in [0.717, 1.165) is 12.3 Å². The van der Waals surface area contributed by atoms with Crippen LogP contribution in [0.3, 0.4) is 0 Å². The molecule has 0 radical (unpaired) electrons. The van der Waals surface area contributed by atoms with Gasteiger partial charge < -0.3 is 10.0 Å². The fraction of sp³-hybridized carbons (Fsp3) is 0.364. The number of pyridine rings is 1. The molecular weight excluding hydrogens is 225 g/mol. The topological polar surface area (TPSA) is 77.2 Å². The van der Waals surface area contributed by atoms with Crippen molar-refractivity contribution in [3.63, 3.8) is 0 Å². The number of rotatable bonds is 5. The van der Waals surface area contributed by atoms with E-state index >= 15 is 0 Å². The van der Waals surface area contributed by atoms with Crippen LogP contribution in [-0.2, 0) is 0 Å². The first kappa shape index (κ1) is 12.9. The van der Waals surface area contributed by atoms with Crippen molar-refractivity contribution in [3.8, 4) is 6.07 Å². The number of carbonyl (C=O) groups is 1. The third-order valence-electron chi connectivity index (χ3n) is 2.24. The van der Waals surface area contributed by atoms with Gasteiger partial charge in [0.25, 0.3) is 0 Å². The molecule has 0 spiro atoms. The first-order chi connectivity index (χ1) is 8.10. The zero-order chi connectivity index (χ0) is 12.8. The summed E-state index contributed by atoms with van der Waals surface area (Å²) < 4.78 is 12.9. The standard InChI is InChI=1S/C11H12FN3O2/c1-2-15(5-3-4-13)10-9(11(16)17)6-8(12)7-14-10/h6-7H,2-3,5H2,1H3,(H,16,17). The molecule has 1 aromatic heterocycles. The zero-order valence-corrected chi connectivity index (χ0v) is 9.35. The third-order valence-corrected chi connectivity index (χ3v) is 2.24. The predicted octanol–water partition coefficient (Wildman–Crippen LogP) is 1.66. The van der Waals surface area contributed by atoms with Gasteiger partial charge in [0.1, 0.15) is 17.2 Å². The third kappa shape index (κ3) is 3.14. The maximum atomic E-state index is 12.9. The van der Waals surface area contributed by atoms with Gasteiger partial charge >= 0.3 is 5.97 Å². The van der Waals surface area contributed by atoms with E-state index in [4.69, 9.17) is 10.4 Å².